The molecule has 0 radical (unpaired) electrons. The number of aliphatic hydroxyl groups excluding tert-OH is 1. The lowest BCUT2D eigenvalue weighted by Gasteiger charge is -2.06. The molecule has 86 valence electrons. The van der Waals surface area contributed by atoms with Crippen molar-refractivity contribution in [1.82, 2.24) is 0 Å². The number of rotatable bonds is 4. The van der Waals surface area contributed by atoms with Crippen LogP contribution in [0.4, 0.5) is 0 Å². The lowest BCUT2D eigenvalue weighted by molar-refractivity contribution is -0.134. The van der Waals surface area contributed by atoms with Crippen molar-refractivity contribution in [2.24, 2.45) is 0 Å². The molecule has 0 spiro atoms. The van der Waals surface area contributed by atoms with Crippen molar-refractivity contribution in [3.63, 3.8) is 0 Å². The van der Waals surface area contributed by atoms with Crippen molar-refractivity contribution >= 4 is 5.97 Å². The molecule has 4 nitrogen and oxygen atoms in total. The van der Waals surface area contributed by atoms with E-state index < -0.39 is 12.1 Å². The Kier molecular flexibility index (Phi) is 4.54. The Hall–Kier alpha value is -1.81. The maximum atomic E-state index is 10.8. The van der Waals surface area contributed by atoms with Crippen molar-refractivity contribution < 1.29 is 19.4 Å². The Bertz CT molecular complexity index is 367. The molecule has 0 bridgehead atoms. The second-order valence-electron chi connectivity index (χ2n) is 3.10. The van der Waals surface area contributed by atoms with E-state index in [0.29, 0.717) is 11.3 Å². The van der Waals surface area contributed by atoms with Gasteiger partial charge in [0.05, 0.1) is 20.3 Å². The zero-order valence-corrected chi connectivity index (χ0v) is 9.21. The molecular formula is C12H14O4. The van der Waals surface area contributed by atoms with Gasteiger partial charge in [0.1, 0.15) is 5.75 Å². The minimum Gasteiger partial charge on any atom is -0.497 e. The van der Waals surface area contributed by atoms with Gasteiger partial charge in [-0.2, -0.15) is 0 Å². The number of carbonyl (C=O) groups is 1. The zero-order valence-electron chi connectivity index (χ0n) is 9.21. The summed E-state index contributed by atoms with van der Waals surface area (Å²) in [4.78, 5) is 10.8. The van der Waals surface area contributed by atoms with Gasteiger partial charge < -0.3 is 14.6 Å². The summed E-state index contributed by atoms with van der Waals surface area (Å²) in [5.41, 5.74) is 0.681. The van der Waals surface area contributed by atoms with Crippen LogP contribution in [-0.2, 0) is 9.53 Å². The van der Waals surface area contributed by atoms with E-state index in [1.54, 1.807) is 31.4 Å². The quantitative estimate of drug-likeness (QED) is 0.619. The normalized spacial score (nSPS) is 12.4. The monoisotopic (exact) mass is 222 g/mol. The minimum atomic E-state index is -0.829. The molecule has 0 aliphatic carbocycles. The number of carbonyl (C=O) groups excluding carboxylic acids is 1. The Balaban J connectivity index is 2.69. The van der Waals surface area contributed by atoms with Gasteiger partial charge in [0, 0.05) is 6.08 Å². The molecule has 0 aliphatic heterocycles. The summed E-state index contributed by atoms with van der Waals surface area (Å²) in [6.45, 7) is 0. The molecule has 0 amide bonds. The molecule has 0 unspecified atom stereocenters. The number of hydrogen-bond acceptors (Lipinski definition) is 4. The van der Waals surface area contributed by atoms with Crippen molar-refractivity contribution in [1.29, 1.82) is 0 Å². The van der Waals surface area contributed by atoms with Crippen LogP contribution in [0.5, 0.6) is 5.75 Å². The van der Waals surface area contributed by atoms with Crippen LogP contribution in [0.2, 0.25) is 0 Å². The SMILES string of the molecule is COC(=O)/C=C/[C@@H](O)c1ccc(OC)cc1. The van der Waals surface area contributed by atoms with Crippen LogP contribution >= 0.6 is 0 Å². The fourth-order valence-corrected chi connectivity index (χ4v) is 1.15. The highest BCUT2D eigenvalue weighted by Gasteiger charge is 2.04. The molecule has 0 aromatic heterocycles. The number of benzene rings is 1. The summed E-state index contributed by atoms with van der Waals surface area (Å²) in [6.07, 6.45) is 1.73. The molecular weight excluding hydrogens is 208 g/mol. The maximum absolute atomic E-state index is 10.8. The second kappa shape index (κ2) is 5.92. The van der Waals surface area contributed by atoms with E-state index in [1.165, 1.54) is 19.3 Å². The lowest BCUT2D eigenvalue weighted by Crippen LogP contribution is -1.98. The Morgan fingerprint density at radius 3 is 2.44 bits per heavy atom. The first-order valence-electron chi connectivity index (χ1n) is 4.75. The Morgan fingerprint density at radius 1 is 1.31 bits per heavy atom. The molecule has 1 aromatic rings. The molecule has 4 heteroatoms. The third-order valence-corrected chi connectivity index (χ3v) is 2.07. The van der Waals surface area contributed by atoms with E-state index in [4.69, 9.17) is 4.74 Å². The predicted molar refractivity (Wildman–Crippen MR) is 59.1 cm³/mol. The summed E-state index contributed by atoms with van der Waals surface area (Å²) in [5, 5.41) is 9.69. The first-order valence-corrected chi connectivity index (χ1v) is 4.75. The van der Waals surface area contributed by atoms with Gasteiger partial charge in [0.15, 0.2) is 0 Å². The smallest absolute Gasteiger partial charge is 0.330 e. The van der Waals surface area contributed by atoms with Crippen LogP contribution < -0.4 is 4.74 Å². The van der Waals surface area contributed by atoms with Crippen LogP contribution in [0.1, 0.15) is 11.7 Å². The molecule has 1 aromatic carbocycles. The molecule has 16 heavy (non-hydrogen) atoms. The maximum Gasteiger partial charge on any atom is 0.330 e. The van der Waals surface area contributed by atoms with E-state index in [-0.39, 0.29) is 0 Å². The Labute approximate surface area is 94.1 Å². The van der Waals surface area contributed by atoms with Gasteiger partial charge in [0.2, 0.25) is 0 Å². The van der Waals surface area contributed by atoms with Gasteiger partial charge in [-0.3, -0.25) is 0 Å². The van der Waals surface area contributed by atoms with E-state index in [2.05, 4.69) is 4.74 Å². The highest BCUT2D eigenvalue weighted by atomic mass is 16.5. The highest BCUT2D eigenvalue weighted by Crippen LogP contribution is 2.18. The number of ether oxygens (including phenoxy) is 2. The van der Waals surface area contributed by atoms with Gasteiger partial charge in [-0.1, -0.05) is 12.1 Å². The summed E-state index contributed by atoms with van der Waals surface area (Å²) >= 11 is 0. The first-order chi connectivity index (χ1) is 7.67. The van der Waals surface area contributed by atoms with Crippen LogP contribution in [-0.4, -0.2) is 25.3 Å². The summed E-state index contributed by atoms with van der Waals surface area (Å²) < 4.78 is 9.41. The predicted octanol–water partition coefficient (Wildman–Crippen LogP) is 1.46. The standard InChI is InChI=1S/C12H14O4/c1-15-10-5-3-9(4-6-10)11(13)7-8-12(14)16-2/h3-8,11,13H,1-2H3/b8-7+/t11-/m1/s1. The van der Waals surface area contributed by atoms with E-state index in [1.807, 2.05) is 0 Å². The first kappa shape index (κ1) is 12.3. The number of methoxy groups -OCH3 is 2. The number of hydrogen-bond donors (Lipinski definition) is 1. The summed E-state index contributed by atoms with van der Waals surface area (Å²) in [6, 6.07) is 6.94. The van der Waals surface area contributed by atoms with Gasteiger partial charge in [-0.25, -0.2) is 4.79 Å². The van der Waals surface area contributed by atoms with Crippen molar-refractivity contribution in [2.45, 2.75) is 6.10 Å². The van der Waals surface area contributed by atoms with E-state index >= 15 is 0 Å². The number of aliphatic hydroxyl groups is 1. The van der Waals surface area contributed by atoms with Crippen molar-refractivity contribution in [3.05, 3.63) is 42.0 Å². The molecule has 1 rings (SSSR count). The average Bonchev–Trinajstić information content (AvgIpc) is 2.35. The number of esters is 1. The molecule has 0 saturated carbocycles. The van der Waals surface area contributed by atoms with E-state index in [9.17, 15) is 9.90 Å². The van der Waals surface area contributed by atoms with Crippen molar-refractivity contribution in [2.75, 3.05) is 14.2 Å². The molecule has 1 N–H and O–H groups in total. The van der Waals surface area contributed by atoms with Gasteiger partial charge >= 0.3 is 5.97 Å². The molecule has 0 fully saturated rings. The second-order valence-corrected chi connectivity index (χ2v) is 3.10. The van der Waals surface area contributed by atoms with E-state index in [0.717, 1.165) is 0 Å². The van der Waals surface area contributed by atoms with Gasteiger partial charge in [-0.05, 0) is 23.8 Å². The van der Waals surface area contributed by atoms with Crippen molar-refractivity contribution in [3.8, 4) is 5.75 Å². The Morgan fingerprint density at radius 2 is 1.94 bits per heavy atom. The van der Waals surface area contributed by atoms with Crippen LogP contribution in [0.3, 0.4) is 0 Å². The average molecular weight is 222 g/mol. The molecule has 0 saturated heterocycles. The van der Waals surface area contributed by atoms with Gasteiger partial charge in [0.25, 0.3) is 0 Å². The largest absolute Gasteiger partial charge is 0.497 e. The third kappa shape index (κ3) is 3.40. The highest BCUT2D eigenvalue weighted by molar-refractivity contribution is 5.81. The lowest BCUT2D eigenvalue weighted by atomic mass is 10.1. The minimum absolute atomic E-state index is 0.493. The van der Waals surface area contributed by atoms with Crippen LogP contribution in [0, 0.1) is 0 Å². The topological polar surface area (TPSA) is 55.8 Å². The molecule has 0 aliphatic rings. The third-order valence-electron chi connectivity index (χ3n) is 2.07. The summed E-state index contributed by atoms with van der Waals surface area (Å²) in [5.74, 6) is 0.223. The zero-order chi connectivity index (χ0) is 12.0. The summed E-state index contributed by atoms with van der Waals surface area (Å²) in [7, 11) is 2.86. The molecule has 1 atom stereocenters. The van der Waals surface area contributed by atoms with Gasteiger partial charge in [-0.15, -0.1) is 0 Å². The fourth-order valence-electron chi connectivity index (χ4n) is 1.15. The molecule has 0 heterocycles. The van der Waals surface area contributed by atoms with Crippen LogP contribution in [0.15, 0.2) is 36.4 Å². The fraction of sp³-hybridized carbons (Fsp3) is 0.250. The van der Waals surface area contributed by atoms with Crippen LogP contribution in [0.25, 0.3) is 0 Å².